The van der Waals surface area contributed by atoms with Crippen LogP contribution < -0.4 is 0 Å². The Balaban J connectivity index is 1.63. The van der Waals surface area contributed by atoms with Crippen LogP contribution in [-0.4, -0.2) is 54.7 Å². The van der Waals surface area contributed by atoms with E-state index < -0.39 is 6.10 Å². The van der Waals surface area contributed by atoms with E-state index >= 15 is 0 Å². The minimum Gasteiger partial charge on any atom is -0.390 e. The van der Waals surface area contributed by atoms with Crippen LogP contribution in [0.2, 0.25) is 10.0 Å². The Morgan fingerprint density at radius 1 is 1.21 bits per heavy atom. The van der Waals surface area contributed by atoms with Crippen molar-refractivity contribution in [2.24, 2.45) is 5.16 Å². The monoisotopic (exact) mass is 422 g/mol. The maximum absolute atomic E-state index is 10.2. The standard InChI is InChI=1S/C21H24Cl2N2O3/c1-27-14-19(26)12-25(11-15-3-2-4-18(23)9-15)13-20-10-21(24-28-20)16-5-7-17(22)8-6-16/h2-9,19-20,26H,10-14H2,1H3. The van der Waals surface area contributed by atoms with E-state index in [9.17, 15) is 5.11 Å². The SMILES string of the molecule is COCC(O)CN(Cc1cccc(Cl)c1)CC1CC(c2ccc(Cl)cc2)=NO1. The highest BCUT2D eigenvalue weighted by Crippen LogP contribution is 2.21. The van der Waals surface area contributed by atoms with Crippen LogP contribution in [0, 0.1) is 0 Å². The Morgan fingerprint density at radius 2 is 2.00 bits per heavy atom. The topological polar surface area (TPSA) is 54.3 Å². The van der Waals surface area contributed by atoms with E-state index in [0.717, 1.165) is 16.8 Å². The molecule has 28 heavy (non-hydrogen) atoms. The van der Waals surface area contributed by atoms with Crippen molar-refractivity contribution >= 4 is 28.9 Å². The van der Waals surface area contributed by atoms with Gasteiger partial charge in [0.25, 0.3) is 0 Å². The number of aliphatic hydroxyl groups excluding tert-OH is 1. The summed E-state index contributed by atoms with van der Waals surface area (Å²) < 4.78 is 5.07. The Kier molecular flexibility index (Phi) is 7.71. The van der Waals surface area contributed by atoms with Crippen LogP contribution >= 0.6 is 23.2 Å². The third kappa shape index (κ3) is 6.19. The lowest BCUT2D eigenvalue weighted by Crippen LogP contribution is -2.39. The first-order chi connectivity index (χ1) is 13.5. The van der Waals surface area contributed by atoms with E-state index in [4.69, 9.17) is 32.8 Å². The fraction of sp³-hybridized carbons (Fsp3) is 0.381. The van der Waals surface area contributed by atoms with Crippen molar-refractivity contribution in [1.82, 2.24) is 4.90 Å². The summed E-state index contributed by atoms with van der Waals surface area (Å²) in [6.45, 7) is 2.03. The second kappa shape index (κ2) is 10.2. The third-order valence-electron chi connectivity index (χ3n) is 4.50. The first-order valence-electron chi connectivity index (χ1n) is 9.16. The zero-order valence-electron chi connectivity index (χ0n) is 15.7. The molecule has 2 atom stereocenters. The smallest absolute Gasteiger partial charge is 0.145 e. The Hall–Kier alpha value is -1.63. The normalized spacial score (nSPS) is 17.5. The minimum atomic E-state index is -0.581. The van der Waals surface area contributed by atoms with Crippen molar-refractivity contribution in [2.45, 2.75) is 25.2 Å². The number of hydrogen-bond donors (Lipinski definition) is 1. The lowest BCUT2D eigenvalue weighted by molar-refractivity contribution is 0.00922. The molecule has 1 aliphatic heterocycles. The quantitative estimate of drug-likeness (QED) is 0.663. The Morgan fingerprint density at radius 3 is 2.71 bits per heavy atom. The zero-order valence-corrected chi connectivity index (χ0v) is 17.2. The number of methoxy groups -OCH3 is 1. The molecule has 0 aliphatic carbocycles. The van der Waals surface area contributed by atoms with Gasteiger partial charge in [-0.3, -0.25) is 4.90 Å². The molecule has 0 bridgehead atoms. The summed E-state index contributed by atoms with van der Waals surface area (Å²) in [5.74, 6) is 0. The summed E-state index contributed by atoms with van der Waals surface area (Å²) in [4.78, 5) is 7.80. The van der Waals surface area contributed by atoms with Crippen molar-refractivity contribution in [1.29, 1.82) is 0 Å². The Bertz CT molecular complexity index is 798. The van der Waals surface area contributed by atoms with Gasteiger partial charge in [0.1, 0.15) is 6.10 Å². The predicted octanol–water partition coefficient (Wildman–Crippen LogP) is 4.00. The summed E-state index contributed by atoms with van der Waals surface area (Å²) in [5, 5.41) is 15.8. The summed E-state index contributed by atoms with van der Waals surface area (Å²) in [7, 11) is 1.58. The van der Waals surface area contributed by atoms with Crippen LogP contribution in [0.1, 0.15) is 17.5 Å². The fourth-order valence-electron chi connectivity index (χ4n) is 3.27. The molecule has 2 unspecified atom stereocenters. The van der Waals surface area contributed by atoms with Crippen molar-refractivity contribution in [2.75, 3.05) is 26.8 Å². The lowest BCUT2D eigenvalue weighted by Gasteiger charge is -2.26. The van der Waals surface area contributed by atoms with E-state index in [0.29, 0.717) is 36.1 Å². The van der Waals surface area contributed by atoms with Crippen LogP contribution in [0.3, 0.4) is 0 Å². The summed E-state index contributed by atoms with van der Waals surface area (Å²) in [5.41, 5.74) is 2.99. The number of oxime groups is 1. The van der Waals surface area contributed by atoms with Crippen LogP contribution in [0.4, 0.5) is 0 Å². The van der Waals surface area contributed by atoms with Gasteiger partial charge in [-0.25, -0.2) is 0 Å². The molecule has 0 fully saturated rings. The molecule has 1 N–H and O–H groups in total. The van der Waals surface area contributed by atoms with E-state index in [-0.39, 0.29) is 12.7 Å². The lowest BCUT2D eigenvalue weighted by atomic mass is 10.0. The number of nitrogens with zero attached hydrogens (tertiary/aromatic N) is 2. The molecule has 3 rings (SSSR count). The van der Waals surface area contributed by atoms with Gasteiger partial charge < -0.3 is 14.7 Å². The molecule has 150 valence electrons. The van der Waals surface area contributed by atoms with Crippen molar-refractivity contribution in [3.05, 3.63) is 69.7 Å². The van der Waals surface area contributed by atoms with Gasteiger partial charge in [-0.1, -0.05) is 52.6 Å². The van der Waals surface area contributed by atoms with Crippen molar-refractivity contribution in [3.63, 3.8) is 0 Å². The van der Waals surface area contributed by atoms with Gasteiger partial charge in [0.15, 0.2) is 0 Å². The van der Waals surface area contributed by atoms with Gasteiger partial charge in [-0.2, -0.15) is 0 Å². The van der Waals surface area contributed by atoms with Crippen LogP contribution in [0.15, 0.2) is 53.7 Å². The van der Waals surface area contributed by atoms with Crippen LogP contribution in [0.5, 0.6) is 0 Å². The first kappa shape index (κ1) is 21.1. The third-order valence-corrected chi connectivity index (χ3v) is 4.98. The largest absolute Gasteiger partial charge is 0.390 e. The first-order valence-corrected chi connectivity index (χ1v) is 9.91. The molecule has 5 nitrogen and oxygen atoms in total. The summed E-state index contributed by atoms with van der Waals surface area (Å²) in [6.07, 6.45) is 0.0375. The van der Waals surface area contributed by atoms with Gasteiger partial charge in [0.2, 0.25) is 0 Å². The second-order valence-electron chi connectivity index (χ2n) is 6.91. The molecule has 1 aliphatic rings. The summed E-state index contributed by atoms with van der Waals surface area (Å²) in [6, 6.07) is 15.3. The second-order valence-corrected chi connectivity index (χ2v) is 7.78. The summed E-state index contributed by atoms with van der Waals surface area (Å²) >= 11 is 12.1. The maximum Gasteiger partial charge on any atom is 0.145 e. The molecule has 0 aromatic heterocycles. The molecule has 0 saturated heterocycles. The average molecular weight is 423 g/mol. The van der Waals surface area contributed by atoms with E-state index in [2.05, 4.69) is 10.1 Å². The molecule has 0 spiro atoms. The molecule has 2 aromatic carbocycles. The van der Waals surface area contributed by atoms with E-state index in [1.807, 2.05) is 48.5 Å². The highest BCUT2D eigenvalue weighted by Gasteiger charge is 2.25. The predicted molar refractivity (Wildman–Crippen MR) is 112 cm³/mol. The van der Waals surface area contributed by atoms with Crippen molar-refractivity contribution < 1.29 is 14.7 Å². The van der Waals surface area contributed by atoms with Gasteiger partial charge in [0, 0.05) is 43.2 Å². The minimum absolute atomic E-state index is 0.0837. The van der Waals surface area contributed by atoms with Gasteiger partial charge >= 0.3 is 0 Å². The molecular weight excluding hydrogens is 399 g/mol. The zero-order chi connectivity index (χ0) is 19.9. The molecule has 7 heteroatoms. The van der Waals surface area contributed by atoms with E-state index in [1.165, 1.54) is 0 Å². The Labute approximate surface area is 175 Å². The number of halogens is 2. The number of rotatable bonds is 9. The molecule has 0 saturated carbocycles. The molecule has 2 aromatic rings. The van der Waals surface area contributed by atoms with Crippen LogP contribution in [-0.2, 0) is 16.1 Å². The van der Waals surface area contributed by atoms with Gasteiger partial charge in [-0.15, -0.1) is 0 Å². The highest BCUT2D eigenvalue weighted by molar-refractivity contribution is 6.31. The maximum atomic E-state index is 10.2. The number of benzene rings is 2. The molecule has 0 radical (unpaired) electrons. The molecule has 0 amide bonds. The van der Waals surface area contributed by atoms with Crippen molar-refractivity contribution in [3.8, 4) is 0 Å². The van der Waals surface area contributed by atoms with E-state index in [1.54, 1.807) is 7.11 Å². The highest BCUT2D eigenvalue weighted by atomic mass is 35.5. The van der Waals surface area contributed by atoms with Crippen LogP contribution in [0.25, 0.3) is 0 Å². The molecule has 1 heterocycles. The van der Waals surface area contributed by atoms with Gasteiger partial charge in [0.05, 0.1) is 18.4 Å². The number of aliphatic hydroxyl groups is 1. The average Bonchev–Trinajstić information content (AvgIpc) is 3.11. The van der Waals surface area contributed by atoms with Gasteiger partial charge in [-0.05, 0) is 35.4 Å². The fourth-order valence-corrected chi connectivity index (χ4v) is 3.61. The number of hydrogen-bond acceptors (Lipinski definition) is 5. The number of ether oxygens (including phenoxy) is 1. The molecular formula is C21H24Cl2N2O3.